The van der Waals surface area contributed by atoms with Gasteiger partial charge < -0.3 is 0 Å². The Kier molecular flexibility index (Phi) is 1.71. The Morgan fingerprint density at radius 3 is 3.18 bits per heavy atom. The second-order valence-corrected chi connectivity index (χ2v) is 3.52. The fourth-order valence-electron chi connectivity index (χ4n) is 1.47. The number of aryl methyl sites for hydroxylation is 1. The normalized spacial score (nSPS) is 23.3. The molecule has 2 nitrogen and oxygen atoms in total. The minimum Gasteiger partial charge on any atom is -0.281 e. The van der Waals surface area contributed by atoms with Gasteiger partial charge in [0.15, 0.2) is 0 Å². The fraction of sp³-hybridized carbons (Fsp3) is 0.571. The van der Waals surface area contributed by atoms with Crippen LogP contribution in [0.2, 0.25) is 0 Å². The summed E-state index contributed by atoms with van der Waals surface area (Å²) in [6.07, 6.45) is 1.65. The summed E-state index contributed by atoms with van der Waals surface area (Å²) in [7, 11) is 0. The highest BCUT2D eigenvalue weighted by Gasteiger charge is 2.24. The molecule has 0 saturated carbocycles. The molecule has 1 aliphatic rings. The Labute approximate surface area is 72.3 Å². The third kappa shape index (κ3) is 1.09. The number of aromatic amines is 1. The van der Waals surface area contributed by atoms with Gasteiger partial charge in [-0.1, -0.05) is 0 Å². The Bertz CT molecular complexity index is 271. The van der Waals surface area contributed by atoms with E-state index in [9.17, 15) is 4.39 Å². The molecular weight excluding hydrogens is 211 g/mol. The topological polar surface area (TPSA) is 28.7 Å². The van der Waals surface area contributed by atoms with Crippen molar-refractivity contribution >= 4 is 15.9 Å². The molecular formula is C7H8BrFN2. The number of H-pyrrole nitrogens is 1. The number of aromatic nitrogens is 2. The highest BCUT2D eigenvalue weighted by Crippen LogP contribution is 2.35. The van der Waals surface area contributed by atoms with Crippen LogP contribution >= 0.6 is 15.9 Å². The predicted molar refractivity (Wildman–Crippen MR) is 43.1 cm³/mol. The maximum Gasteiger partial charge on any atom is 0.134 e. The molecule has 60 valence electrons. The summed E-state index contributed by atoms with van der Waals surface area (Å²) in [5, 5.41) is 6.72. The second kappa shape index (κ2) is 2.59. The lowest BCUT2D eigenvalue weighted by atomic mass is 9.97. The van der Waals surface area contributed by atoms with Crippen LogP contribution in [-0.4, -0.2) is 10.2 Å². The summed E-state index contributed by atoms with van der Waals surface area (Å²) in [5.41, 5.74) is 1.69. The minimum absolute atomic E-state index is 0.630. The van der Waals surface area contributed by atoms with E-state index in [1.165, 1.54) is 0 Å². The lowest BCUT2D eigenvalue weighted by Gasteiger charge is -2.14. The molecule has 11 heavy (non-hydrogen) atoms. The molecule has 4 heteroatoms. The van der Waals surface area contributed by atoms with Gasteiger partial charge in [0.05, 0.1) is 0 Å². The average Bonchev–Trinajstić information content (AvgIpc) is 2.34. The van der Waals surface area contributed by atoms with E-state index in [0.717, 1.165) is 24.1 Å². The lowest BCUT2D eigenvalue weighted by molar-refractivity contribution is 0.301. The number of hydrogen-bond donors (Lipinski definition) is 1. The lowest BCUT2D eigenvalue weighted by Crippen LogP contribution is -2.04. The molecule has 0 saturated heterocycles. The molecule has 1 heterocycles. The first-order valence-electron chi connectivity index (χ1n) is 3.65. The van der Waals surface area contributed by atoms with Gasteiger partial charge in [0.1, 0.15) is 10.8 Å². The molecule has 0 amide bonds. The maximum absolute atomic E-state index is 13.2. The van der Waals surface area contributed by atoms with Crippen LogP contribution in [-0.2, 0) is 6.42 Å². The van der Waals surface area contributed by atoms with Gasteiger partial charge in [0, 0.05) is 11.3 Å². The first-order valence-corrected chi connectivity index (χ1v) is 4.45. The summed E-state index contributed by atoms with van der Waals surface area (Å²) in [5.74, 6) is 0. The Morgan fingerprint density at radius 1 is 1.64 bits per heavy atom. The van der Waals surface area contributed by atoms with Gasteiger partial charge >= 0.3 is 0 Å². The summed E-state index contributed by atoms with van der Waals surface area (Å²) < 4.78 is 13.8. The number of fused-ring (bicyclic) bond motifs is 1. The van der Waals surface area contributed by atoms with Crippen LogP contribution in [0.3, 0.4) is 0 Å². The van der Waals surface area contributed by atoms with Crippen molar-refractivity contribution < 1.29 is 4.39 Å². The van der Waals surface area contributed by atoms with Crippen molar-refractivity contribution in [3.8, 4) is 0 Å². The number of hydrogen-bond acceptors (Lipinski definition) is 1. The monoisotopic (exact) mass is 218 g/mol. The van der Waals surface area contributed by atoms with Crippen molar-refractivity contribution in [1.82, 2.24) is 10.2 Å². The van der Waals surface area contributed by atoms with E-state index < -0.39 is 6.17 Å². The number of alkyl halides is 1. The van der Waals surface area contributed by atoms with E-state index in [1.54, 1.807) is 0 Å². The van der Waals surface area contributed by atoms with Gasteiger partial charge in [0.2, 0.25) is 0 Å². The minimum atomic E-state index is -0.827. The van der Waals surface area contributed by atoms with Crippen molar-refractivity contribution in [3.05, 3.63) is 15.9 Å². The van der Waals surface area contributed by atoms with E-state index in [2.05, 4.69) is 26.1 Å². The molecule has 1 atom stereocenters. The van der Waals surface area contributed by atoms with Crippen molar-refractivity contribution in [2.45, 2.75) is 25.4 Å². The van der Waals surface area contributed by atoms with E-state index in [4.69, 9.17) is 0 Å². The van der Waals surface area contributed by atoms with E-state index in [1.807, 2.05) is 0 Å². The SMILES string of the molecule is FC1CCCc2[nH]nc(Br)c21. The number of rotatable bonds is 0. The summed E-state index contributed by atoms with van der Waals surface area (Å²) in [4.78, 5) is 0. The fourth-order valence-corrected chi connectivity index (χ4v) is 2.05. The number of nitrogens with zero attached hydrogens (tertiary/aromatic N) is 1. The van der Waals surface area contributed by atoms with Gasteiger partial charge in [0.25, 0.3) is 0 Å². The Hall–Kier alpha value is -0.380. The largest absolute Gasteiger partial charge is 0.281 e. The third-order valence-corrected chi connectivity index (χ3v) is 2.64. The van der Waals surface area contributed by atoms with Crippen LogP contribution in [0.4, 0.5) is 4.39 Å². The predicted octanol–water partition coefficient (Wildman–Crippen LogP) is 2.52. The first-order chi connectivity index (χ1) is 5.29. The Morgan fingerprint density at radius 2 is 2.45 bits per heavy atom. The molecule has 0 radical (unpaired) electrons. The van der Waals surface area contributed by atoms with Crippen molar-refractivity contribution in [2.75, 3.05) is 0 Å². The molecule has 2 rings (SSSR count). The van der Waals surface area contributed by atoms with Crippen molar-refractivity contribution in [1.29, 1.82) is 0 Å². The number of halogens is 2. The molecule has 1 N–H and O–H groups in total. The van der Waals surface area contributed by atoms with Crippen LogP contribution in [0.1, 0.15) is 30.3 Å². The van der Waals surface area contributed by atoms with E-state index in [-0.39, 0.29) is 0 Å². The van der Waals surface area contributed by atoms with E-state index in [0.29, 0.717) is 11.0 Å². The highest BCUT2D eigenvalue weighted by atomic mass is 79.9. The van der Waals surface area contributed by atoms with Crippen LogP contribution in [0.25, 0.3) is 0 Å². The molecule has 0 fully saturated rings. The standard InChI is InChI=1S/C7H8BrFN2/c8-7-6-4(9)2-1-3-5(6)10-11-7/h4H,1-3H2,(H,10,11). The third-order valence-electron chi connectivity index (χ3n) is 2.03. The van der Waals surface area contributed by atoms with Gasteiger partial charge in [-0.25, -0.2) is 4.39 Å². The molecule has 1 unspecified atom stereocenters. The van der Waals surface area contributed by atoms with Crippen LogP contribution in [0.15, 0.2) is 4.60 Å². The molecule has 1 aliphatic carbocycles. The maximum atomic E-state index is 13.2. The quantitative estimate of drug-likeness (QED) is 0.713. The average molecular weight is 219 g/mol. The zero-order valence-electron chi connectivity index (χ0n) is 5.90. The van der Waals surface area contributed by atoms with Crippen molar-refractivity contribution in [3.63, 3.8) is 0 Å². The van der Waals surface area contributed by atoms with Gasteiger partial charge in [-0.3, -0.25) is 5.10 Å². The summed E-state index contributed by atoms with van der Waals surface area (Å²) in [6.45, 7) is 0. The van der Waals surface area contributed by atoms with Gasteiger partial charge in [-0.15, -0.1) is 0 Å². The molecule has 0 spiro atoms. The van der Waals surface area contributed by atoms with Crippen molar-refractivity contribution in [2.24, 2.45) is 0 Å². The van der Waals surface area contributed by atoms with E-state index >= 15 is 0 Å². The number of nitrogens with one attached hydrogen (secondary N) is 1. The first kappa shape index (κ1) is 7.28. The van der Waals surface area contributed by atoms with Gasteiger partial charge in [-0.2, -0.15) is 5.10 Å². The molecule has 1 aromatic heterocycles. The second-order valence-electron chi connectivity index (χ2n) is 2.77. The molecule has 1 aromatic rings. The molecule has 0 aromatic carbocycles. The molecule has 0 bridgehead atoms. The van der Waals surface area contributed by atoms with Crippen LogP contribution in [0.5, 0.6) is 0 Å². The highest BCUT2D eigenvalue weighted by molar-refractivity contribution is 9.10. The summed E-state index contributed by atoms with van der Waals surface area (Å²) in [6, 6.07) is 0. The zero-order valence-corrected chi connectivity index (χ0v) is 7.49. The smallest absolute Gasteiger partial charge is 0.134 e. The van der Waals surface area contributed by atoms with Gasteiger partial charge in [-0.05, 0) is 35.2 Å². The van der Waals surface area contributed by atoms with Crippen LogP contribution in [0, 0.1) is 0 Å². The summed E-state index contributed by atoms with van der Waals surface area (Å²) >= 11 is 3.21. The molecule has 0 aliphatic heterocycles. The zero-order chi connectivity index (χ0) is 7.84. The van der Waals surface area contributed by atoms with Crippen LogP contribution < -0.4 is 0 Å². The Balaban J connectivity index is 2.48.